The number of rotatable bonds is 2. The Morgan fingerprint density at radius 3 is 0.897 bits per heavy atom. The molecule has 0 unspecified atom stereocenters. The molecule has 3 heteroatoms. The van der Waals surface area contributed by atoms with E-state index in [1.807, 2.05) is 18.2 Å². The van der Waals surface area contributed by atoms with E-state index < -0.39 is 0 Å². The molecule has 1 aliphatic heterocycles. The molecule has 3 fully saturated rings. The van der Waals surface area contributed by atoms with E-state index in [4.69, 9.17) is 4.74 Å². The van der Waals surface area contributed by atoms with Gasteiger partial charge in [0.25, 0.3) is 0 Å². The SMILES string of the molecule is C1CCOC1.CC(C)c1cccc(C(C)C)c1[O-].C[C]1[C](C)[C](C)[C](C)[C]1C.C[C]1[C](C)[C](C)[C](C)[C]1C.[U+3]. The second-order valence-electron chi connectivity index (χ2n) is 11.6. The molecule has 2 aliphatic carbocycles. The van der Waals surface area contributed by atoms with Gasteiger partial charge in [0.2, 0.25) is 0 Å². The van der Waals surface area contributed by atoms with E-state index in [9.17, 15) is 5.11 Å². The molecular formula is C36H55O2U+2. The molecule has 11 radical (unpaired) electrons. The van der Waals surface area contributed by atoms with Crippen molar-refractivity contribution in [3.8, 4) is 5.75 Å². The van der Waals surface area contributed by atoms with Crippen LogP contribution in [0.4, 0.5) is 0 Å². The van der Waals surface area contributed by atoms with Gasteiger partial charge in [0.15, 0.2) is 0 Å². The fourth-order valence-corrected chi connectivity index (χ4v) is 4.81. The van der Waals surface area contributed by atoms with Crippen molar-refractivity contribution in [3.63, 3.8) is 0 Å². The van der Waals surface area contributed by atoms with Gasteiger partial charge in [-0.05, 0) is 83.9 Å². The van der Waals surface area contributed by atoms with Crippen LogP contribution >= 0.6 is 0 Å². The van der Waals surface area contributed by atoms with Gasteiger partial charge in [0, 0.05) is 13.2 Å². The number of hydrogen-bond acceptors (Lipinski definition) is 2. The summed E-state index contributed by atoms with van der Waals surface area (Å²) < 4.78 is 4.94. The van der Waals surface area contributed by atoms with Crippen LogP contribution in [0.5, 0.6) is 5.75 Å². The Hall–Kier alpha value is 0.0319. The topological polar surface area (TPSA) is 32.3 Å². The van der Waals surface area contributed by atoms with Crippen LogP contribution in [-0.4, -0.2) is 13.2 Å². The molecule has 4 rings (SSSR count). The summed E-state index contributed by atoms with van der Waals surface area (Å²) in [6, 6.07) is 5.84. The molecule has 2 saturated carbocycles. The Bertz CT molecular complexity index is 633. The van der Waals surface area contributed by atoms with E-state index >= 15 is 0 Å². The Balaban J connectivity index is 0.000000508. The molecular weight excluding hydrogens is 702 g/mol. The van der Waals surface area contributed by atoms with Crippen molar-refractivity contribution in [2.24, 2.45) is 0 Å². The Kier molecular flexibility index (Phi) is 18.6. The molecule has 0 bridgehead atoms. The van der Waals surface area contributed by atoms with Gasteiger partial charge in [0.05, 0.1) is 0 Å². The van der Waals surface area contributed by atoms with Crippen molar-refractivity contribution in [1.29, 1.82) is 0 Å². The van der Waals surface area contributed by atoms with Crippen LogP contribution < -0.4 is 5.11 Å². The van der Waals surface area contributed by atoms with E-state index in [1.54, 1.807) is 0 Å². The number of ether oxygens (including phenoxy) is 1. The van der Waals surface area contributed by atoms with Gasteiger partial charge >= 0.3 is 31.1 Å². The minimum absolute atomic E-state index is 0. The first-order valence-corrected chi connectivity index (χ1v) is 14.4. The molecule has 1 aromatic rings. The summed E-state index contributed by atoms with van der Waals surface area (Å²) in [5.74, 6) is 15.6. The predicted molar refractivity (Wildman–Crippen MR) is 163 cm³/mol. The predicted octanol–water partition coefficient (Wildman–Crippen LogP) is 9.75. The van der Waals surface area contributed by atoms with Gasteiger partial charge in [0.1, 0.15) is 0 Å². The summed E-state index contributed by atoms with van der Waals surface area (Å²) in [5, 5.41) is 11.9. The molecule has 1 saturated heterocycles. The molecule has 0 N–H and O–H groups in total. The third kappa shape index (κ3) is 11.0. The second kappa shape index (κ2) is 18.5. The van der Waals surface area contributed by atoms with Gasteiger partial charge in [-0.25, -0.2) is 0 Å². The number of hydrogen-bond donors (Lipinski definition) is 0. The summed E-state index contributed by atoms with van der Waals surface area (Å²) in [6.07, 6.45) is 2.56. The first kappa shape index (κ1) is 39.0. The molecule has 0 atom stereocenters. The third-order valence-electron chi connectivity index (χ3n) is 8.77. The standard InChI is InChI=1S/C12H18O.2C10H15.C4H8O.U/c1-8(2)10-6-5-7-11(9(3)4)12(10)13;2*1-6-7(2)9(4)10(5)8(6)3;1-2-4-5-3-1;/h5-9,13H,1-4H3;2*1-5H3;1-4H2;/q;;;;+3/p-1. The average molecular weight is 758 g/mol. The molecule has 1 heterocycles. The van der Waals surface area contributed by atoms with Crippen molar-refractivity contribution in [2.75, 3.05) is 13.2 Å². The van der Waals surface area contributed by atoms with E-state index in [0.717, 1.165) is 24.3 Å². The Morgan fingerprint density at radius 2 is 0.744 bits per heavy atom. The number of para-hydroxylation sites is 1. The summed E-state index contributed by atoms with van der Waals surface area (Å²) in [5.41, 5.74) is 1.87. The van der Waals surface area contributed by atoms with Crippen LogP contribution in [0.1, 0.15) is 133 Å². The normalized spacial score (nSPS) is 21.4. The van der Waals surface area contributed by atoms with Gasteiger partial charge in [-0.3, -0.25) is 0 Å². The fraction of sp³-hybridized carbons (Fsp3) is 0.556. The van der Waals surface area contributed by atoms with Crippen molar-refractivity contribution in [2.45, 2.75) is 122 Å². The zero-order valence-electron chi connectivity index (χ0n) is 27.5. The first-order valence-electron chi connectivity index (χ1n) is 14.4. The van der Waals surface area contributed by atoms with Crippen LogP contribution in [0, 0.1) is 90.3 Å². The maximum atomic E-state index is 11.9. The third-order valence-corrected chi connectivity index (χ3v) is 8.77. The van der Waals surface area contributed by atoms with Gasteiger partial charge in [-0.2, -0.15) is 0 Å². The first-order chi connectivity index (χ1) is 17.6. The van der Waals surface area contributed by atoms with Crippen LogP contribution in [0.25, 0.3) is 0 Å². The van der Waals surface area contributed by atoms with Crippen molar-refractivity contribution in [1.82, 2.24) is 0 Å². The molecule has 39 heavy (non-hydrogen) atoms. The maximum Gasteiger partial charge on any atom is 3.00 e. The molecule has 1 aromatic carbocycles. The van der Waals surface area contributed by atoms with E-state index in [0.29, 0.717) is 11.8 Å². The fourth-order valence-electron chi connectivity index (χ4n) is 4.81. The molecule has 2 nitrogen and oxygen atoms in total. The van der Waals surface area contributed by atoms with Crippen LogP contribution in [0.2, 0.25) is 0 Å². The second-order valence-corrected chi connectivity index (χ2v) is 11.6. The van der Waals surface area contributed by atoms with Crippen molar-refractivity contribution >= 4 is 0 Å². The largest absolute Gasteiger partial charge is 3.00 e. The van der Waals surface area contributed by atoms with Gasteiger partial charge in [-0.15, -0.1) is 5.75 Å². The summed E-state index contributed by atoms with van der Waals surface area (Å²) in [7, 11) is 0. The van der Waals surface area contributed by atoms with Crippen LogP contribution in [-0.2, 0) is 4.74 Å². The van der Waals surface area contributed by atoms with Crippen molar-refractivity contribution < 1.29 is 41.0 Å². The van der Waals surface area contributed by atoms with Gasteiger partial charge in [-0.1, -0.05) is 126 Å². The number of benzene rings is 1. The zero-order valence-corrected chi connectivity index (χ0v) is 31.7. The Morgan fingerprint density at radius 1 is 0.513 bits per heavy atom. The van der Waals surface area contributed by atoms with Crippen LogP contribution in [0.15, 0.2) is 18.2 Å². The smallest absolute Gasteiger partial charge is 0.872 e. The molecule has 0 spiro atoms. The van der Waals surface area contributed by atoms with E-state index in [2.05, 4.69) is 96.9 Å². The summed E-state index contributed by atoms with van der Waals surface area (Å²) >= 11 is 0. The minimum atomic E-state index is 0. The van der Waals surface area contributed by atoms with E-state index in [1.165, 1.54) is 72.0 Å². The molecule has 213 valence electrons. The summed E-state index contributed by atoms with van der Waals surface area (Å²) in [4.78, 5) is 0. The monoisotopic (exact) mass is 757 g/mol. The zero-order chi connectivity index (χ0) is 29.3. The van der Waals surface area contributed by atoms with E-state index in [-0.39, 0.29) is 36.9 Å². The minimum Gasteiger partial charge on any atom is -0.872 e. The van der Waals surface area contributed by atoms with Crippen molar-refractivity contribution in [3.05, 3.63) is 88.5 Å². The summed E-state index contributed by atoms with van der Waals surface area (Å²) in [6.45, 7) is 32.2. The average Bonchev–Trinajstić information content (AvgIpc) is 3.57. The quantitative estimate of drug-likeness (QED) is 0.301. The molecule has 3 aliphatic rings. The Labute approximate surface area is 268 Å². The molecule has 0 aromatic heterocycles. The van der Waals surface area contributed by atoms with Crippen LogP contribution in [0.3, 0.4) is 0 Å². The van der Waals surface area contributed by atoms with Gasteiger partial charge < -0.3 is 9.84 Å². The molecule has 0 amide bonds. The maximum absolute atomic E-state index is 11.9.